The smallest absolute Gasteiger partial charge is 0.306 e. The number of carbonyl (C=O) groups excluding carboxylic acids is 2. The highest BCUT2D eigenvalue weighted by atomic mass is 16.5. The van der Waals surface area contributed by atoms with E-state index in [2.05, 4.69) is 11.1 Å². The van der Waals surface area contributed by atoms with Crippen molar-refractivity contribution in [1.29, 1.82) is 0 Å². The van der Waals surface area contributed by atoms with Gasteiger partial charge in [-0.25, -0.2) is 0 Å². The number of hydrogen-bond donors (Lipinski definition) is 1. The molecule has 1 unspecified atom stereocenters. The highest BCUT2D eigenvalue weighted by Crippen LogP contribution is 2.20. The minimum atomic E-state index is -0.339. The maximum Gasteiger partial charge on any atom is 0.306 e. The van der Waals surface area contributed by atoms with Crippen molar-refractivity contribution in [3.05, 3.63) is 71.9 Å². The van der Waals surface area contributed by atoms with Gasteiger partial charge in [-0.15, -0.1) is 0 Å². The molecule has 146 valence electrons. The van der Waals surface area contributed by atoms with Gasteiger partial charge in [-0.3, -0.25) is 9.59 Å². The maximum absolute atomic E-state index is 12.3. The second-order valence-corrected chi connectivity index (χ2v) is 6.97. The average Bonchev–Trinajstić information content (AvgIpc) is 3.14. The lowest BCUT2D eigenvalue weighted by Gasteiger charge is -2.25. The van der Waals surface area contributed by atoms with Crippen molar-refractivity contribution >= 4 is 22.8 Å². The van der Waals surface area contributed by atoms with Gasteiger partial charge in [-0.05, 0) is 37.0 Å². The number of para-hydroxylation sites is 1. The predicted molar refractivity (Wildman–Crippen MR) is 110 cm³/mol. The number of likely N-dealkylation sites (N-methyl/N-ethyl adjacent to an activating group) is 1. The molecule has 28 heavy (non-hydrogen) atoms. The quantitative estimate of drug-likeness (QED) is 0.596. The Kier molecular flexibility index (Phi) is 6.48. The van der Waals surface area contributed by atoms with E-state index in [1.54, 1.807) is 11.9 Å². The molecule has 1 heterocycles. The molecule has 0 radical (unpaired) electrons. The summed E-state index contributed by atoms with van der Waals surface area (Å²) < 4.78 is 5.18. The largest absolute Gasteiger partial charge is 0.456 e. The molecule has 5 heteroatoms. The number of hydrogen-bond acceptors (Lipinski definition) is 3. The summed E-state index contributed by atoms with van der Waals surface area (Å²) in [4.78, 5) is 29.2. The lowest BCUT2D eigenvalue weighted by molar-refractivity contribution is -0.152. The van der Waals surface area contributed by atoms with Crippen LogP contribution in [0.2, 0.25) is 0 Å². The first-order valence-electron chi connectivity index (χ1n) is 9.57. The van der Waals surface area contributed by atoms with E-state index in [9.17, 15) is 9.59 Å². The molecule has 1 aromatic heterocycles. The number of H-pyrrole nitrogens is 1. The zero-order chi connectivity index (χ0) is 19.9. The van der Waals surface area contributed by atoms with Crippen molar-refractivity contribution < 1.29 is 14.3 Å². The van der Waals surface area contributed by atoms with E-state index in [-0.39, 0.29) is 24.5 Å². The van der Waals surface area contributed by atoms with E-state index in [4.69, 9.17) is 4.74 Å². The Morgan fingerprint density at radius 3 is 2.57 bits per heavy atom. The Morgan fingerprint density at radius 2 is 1.79 bits per heavy atom. The highest BCUT2D eigenvalue weighted by Gasteiger charge is 2.18. The van der Waals surface area contributed by atoms with E-state index in [1.807, 2.05) is 61.7 Å². The first-order chi connectivity index (χ1) is 13.6. The fraction of sp³-hybridized carbons (Fsp3) is 0.304. The van der Waals surface area contributed by atoms with Crippen LogP contribution >= 0.6 is 0 Å². The first kappa shape index (κ1) is 19.7. The topological polar surface area (TPSA) is 62.4 Å². The van der Waals surface area contributed by atoms with Crippen LogP contribution in [0.25, 0.3) is 10.9 Å². The van der Waals surface area contributed by atoms with Crippen LogP contribution in [0.1, 0.15) is 36.9 Å². The van der Waals surface area contributed by atoms with Crippen LogP contribution in [0.5, 0.6) is 0 Å². The number of nitrogens with one attached hydrogen (secondary N) is 1. The number of amides is 1. The van der Waals surface area contributed by atoms with Crippen LogP contribution in [0.15, 0.2) is 60.8 Å². The van der Waals surface area contributed by atoms with Gasteiger partial charge in [-0.2, -0.15) is 0 Å². The number of aryl methyl sites for hydroxylation is 1. The van der Waals surface area contributed by atoms with Crippen molar-refractivity contribution in [1.82, 2.24) is 9.88 Å². The zero-order valence-corrected chi connectivity index (χ0v) is 16.4. The van der Waals surface area contributed by atoms with Crippen LogP contribution in [-0.2, 0) is 20.7 Å². The molecule has 0 fully saturated rings. The van der Waals surface area contributed by atoms with E-state index < -0.39 is 0 Å². The molecule has 1 atom stereocenters. The summed E-state index contributed by atoms with van der Waals surface area (Å²) in [5.41, 5.74) is 3.33. The summed E-state index contributed by atoms with van der Waals surface area (Å²) in [7, 11) is 1.73. The summed E-state index contributed by atoms with van der Waals surface area (Å²) in [6.45, 7) is 1.73. The summed E-state index contributed by atoms with van der Waals surface area (Å²) in [5.74, 6) is -0.546. The van der Waals surface area contributed by atoms with Crippen LogP contribution in [0.4, 0.5) is 0 Å². The molecule has 3 rings (SSSR count). The molecule has 0 aliphatic heterocycles. The van der Waals surface area contributed by atoms with E-state index >= 15 is 0 Å². The monoisotopic (exact) mass is 378 g/mol. The third kappa shape index (κ3) is 4.80. The van der Waals surface area contributed by atoms with Gasteiger partial charge < -0.3 is 14.6 Å². The third-order valence-corrected chi connectivity index (χ3v) is 5.11. The lowest BCUT2D eigenvalue weighted by atomic mass is 10.1. The molecular weight excluding hydrogens is 352 g/mol. The van der Waals surface area contributed by atoms with Crippen LogP contribution in [0.3, 0.4) is 0 Å². The molecule has 2 aromatic carbocycles. The minimum absolute atomic E-state index is 0.0747. The number of carbonyl (C=O) groups is 2. The van der Waals surface area contributed by atoms with Gasteiger partial charge in [0.15, 0.2) is 6.61 Å². The normalized spacial score (nSPS) is 11.9. The average molecular weight is 378 g/mol. The van der Waals surface area contributed by atoms with Crippen LogP contribution < -0.4 is 0 Å². The van der Waals surface area contributed by atoms with Crippen LogP contribution in [0, 0.1) is 0 Å². The summed E-state index contributed by atoms with van der Waals surface area (Å²) in [6, 6.07) is 17.8. The SMILES string of the molecule is CC(c1ccccc1)N(C)C(=O)COC(=O)CCCc1c[nH]c2ccccc12. The molecule has 1 N–H and O–H groups in total. The molecule has 0 saturated carbocycles. The number of aromatic amines is 1. The number of nitrogens with zero attached hydrogens (tertiary/aromatic N) is 1. The molecule has 0 aliphatic carbocycles. The molecule has 1 amide bonds. The van der Waals surface area contributed by atoms with Crippen molar-refractivity contribution in [3.63, 3.8) is 0 Å². The number of ether oxygens (including phenoxy) is 1. The maximum atomic E-state index is 12.3. The number of fused-ring (bicyclic) bond motifs is 1. The highest BCUT2D eigenvalue weighted by molar-refractivity contribution is 5.83. The minimum Gasteiger partial charge on any atom is -0.456 e. The van der Waals surface area contributed by atoms with Gasteiger partial charge in [0.2, 0.25) is 0 Å². The number of rotatable bonds is 8. The Hall–Kier alpha value is -3.08. The fourth-order valence-electron chi connectivity index (χ4n) is 3.25. The van der Waals surface area contributed by atoms with Crippen molar-refractivity contribution in [2.45, 2.75) is 32.2 Å². The van der Waals surface area contributed by atoms with E-state index in [1.165, 1.54) is 10.9 Å². The van der Waals surface area contributed by atoms with Gasteiger partial charge in [0.25, 0.3) is 5.91 Å². The predicted octanol–water partition coefficient (Wildman–Crippen LogP) is 4.25. The van der Waals surface area contributed by atoms with Gasteiger partial charge in [0.05, 0.1) is 6.04 Å². The van der Waals surface area contributed by atoms with Crippen molar-refractivity contribution in [2.75, 3.05) is 13.7 Å². The van der Waals surface area contributed by atoms with Crippen LogP contribution in [-0.4, -0.2) is 35.4 Å². The molecule has 0 aliphatic rings. The molecular formula is C23H26N2O3. The Balaban J connectivity index is 1.42. The molecule has 0 saturated heterocycles. The van der Waals surface area contributed by atoms with Gasteiger partial charge in [0.1, 0.15) is 0 Å². The molecule has 5 nitrogen and oxygen atoms in total. The Morgan fingerprint density at radius 1 is 1.07 bits per heavy atom. The Labute approximate surface area is 165 Å². The number of aromatic nitrogens is 1. The van der Waals surface area contributed by atoms with Crippen molar-refractivity contribution in [2.24, 2.45) is 0 Å². The summed E-state index contributed by atoms with van der Waals surface area (Å²) in [5, 5.41) is 1.18. The van der Waals surface area contributed by atoms with E-state index in [0.29, 0.717) is 12.8 Å². The zero-order valence-electron chi connectivity index (χ0n) is 16.4. The summed E-state index contributed by atoms with van der Waals surface area (Å²) >= 11 is 0. The third-order valence-electron chi connectivity index (χ3n) is 5.11. The second kappa shape index (κ2) is 9.22. The first-order valence-corrected chi connectivity index (χ1v) is 9.57. The summed E-state index contributed by atoms with van der Waals surface area (Å²) in [6.07, 6.45) is 3.76. The Bertz CT molecular complexity index is 933. The molecule has 3 aromatic rings. The standard InChI is InChI=1S/C23H26N2O3/c1-17(18-9-4-3-5-10-18)25(2)22(26)16-28-23(27)14-8-11-19-15-24-21-13-7-6-12-20(19)21/h3-7,9-10,12-13,15,17,24H,8,11,14,16H2,1-2H3. The van der Waals surface area contributed by atoms with E-state index in [0.717, 1.165) is 17.5 Å². The fourth-order valence-corrected chi connectivity index (χ4v) is 3.25. The molecule has 0 spiro atoms. The van der Waals surface area contributed by atoms with Gasteiger partial charge in [-0.1, -0.05) is 48.5 Å². The van der Waals surface area contributed by atoms with Gasteiger partial charge in [0, 0.05) is 30.6 Å². The number of benzene rings is 2. The van der Waals surface area contributed by atoms with Crippen molar-refractivity contribution in [3.8, 4) is 0 Å². The number of esters is 1. The lowest BCUT2D eigenvalue weighted by Crippen LogP contribution is -2.33. The second-order valence-electron chi connectivity index (χ2n) is 6.97. The molecule has 0 bridgehead atoms. The van der Waals surface area contributed by atoms with Gasteiger partial charge >= 0.3 is 5.97 Å².